The number of anilines is 1. The van der Waals surface area contributed by atoms with Crippen molar-refractivity contribution in [2.75, 3.05) is 11.6 Å². The fourth-order valence-corrected chi connectivity index (χ4v) is 3.36. The molecule has 2 aromatic rings. The standard InChI is InChI=1S/C14H11BrClNO3S/c1-21(19,20)13-5-3-2-4-10(13)14(18)17-12-7-6-9(15)8-11(12)16/h2-8H,1H3,(H,17,18). The quantitative estimate of drug-likeness (QED) is 0.871. The minimum atomic E-state index is -3.49. The molecule has 0 aliphatic heterocycles. The van der Waals surface area contributed by atoms with Crippen molar-refractivity contribution in [2.45, 2.75) is 4.90 Å². The number of hydrogen-bond donors (Lipinski definition) is 1. The first kappa shape index (κ1) is 16.0. The van der Waals surface area contributed by atoms with E-state index in [1.54, 1.807) is 30.3 Å². The molecule has 0 unspecified atom stereocenters. The average molecular weight is 389 g/mol. The molecule has 4 nitrogen and oxygen atoms in total. The van der Waals surface area contributed by atoms with Gasteiger partial charge in [-0.25, -0.2) is 8.42 Å². The fourth-order valence-electron chi connectivity index (χ4n) is 1.76. The van der Waals surface area contributed by atoms with Crippen molar-refractivity contribution >= 4 is 49.0 Å². The molecule has 0 aromatic heterocycles. The largest absolute Gasteiger partial charge is 0.321 e. The van der Waals surface area contributed by atoms with Crippen LogP contribution in [0.4, 0.5) is 5.69 Å². The average Bonchev–Trinajstić information content (AvgIpc) is 2.41. The first-order valence-corrected chi connectivity index (χ1v) is 8.91. The second-order valence-electron chi connectivity index (χ2n) is 4.35. The van der Waals surface area contributed by atoms with Gasteiger partial charge in [0.05, 0.1) is 21.2 Å². The lowest BCUT2D eigenvalue weighted by atomic mass is 10.2. The van der Waals surface area contributed by atoms with Crippen LogP contribution < -0.4 is 5.32 Å². The van der Waals surface area contributed by atoms with Crippen LogP contribution in [0.3, 0.4) is 0 Å². The van der Waals surface area contributed by atoms with Crippen LogP contribution in [0.25, 0.3) is 0 Å². The number of carbonyl (C=O) groups excluding carboxylic acids is 1. The lowest BCUT2D eigenvalue weighted by molar-refractivity contribution is 0.102. The highest BCUT2D eigenvalue weighted by Gasteiger charge is 2.18. The van der Waals surface area contributed by atoms with E-state index < -0.39 is 15.7 Å². The number of benzene rings is 2. The molecule has 2 aromatic carbocycles. The van der Waals surface area contributed by atoms with Crippen LogP contribution in [0.5, 0.6) is 0 Å². The minimum Gasteiger partial charge on any atom is -0.321 e. The molecule has 7 heteroatoms. The smallest absolute Gasteiger partial charge is 0.257 e. The molecule has 21 heavy (non-hydrogen) atoms. The number of nitrogens with one attached hydrogen (secondary N) is 1. The highest BCUT2D eigenvalue weighted by molar-refractivity contribution is 9.10. The predicted molar refractivity (Wildman–Crippen MR) is 86.7 cm³/mol. The third-order valence-corrected chi connectivity index (χ3v) is 4.67. The Kier molecular flexibility index (Phi) is 4.70. The first-order valence-electron chi connectivity index (χ1n) is 5.84. The maximum Gasteiger partial charge on any atom is 0.257 e. The van der Waals surface area contributed by atoms with Crippen LogP contribution in [-0.2, 0) is 9.84 Å². The molecule has 110 valence electrons. The molecule has 0 aliphatic rings. The second kappa shape index (κ2) is 6.17. The Hall–Kier alpha value is -1.37. The Balaban J connectivity index is 2.38. The van der Waals surface area contributed by atoms with Crippen LogP contribution in [0.1, 0.15) is 10.4 Å². The number of hydrogen-bond acceptors (Lipinski definition) is 3. The van der Waals surface area contributed by atoms with E-state index in [0.29, 0.717) is 10.7 Å². The highest BCUT2D eigenvalue weighted by Crippen LogP contribution is 2.26. The van der Waals surface area contributed by atoms with Crippen molar-refractivity contribution in [3.63, 3.8) is 0 Å². The third kappa shape index (κ3) is 3.84. The van der Waals surface area contributed by atoms with Crippen molar-refractivity contribution in [3.05, 3.63) is 57.5 Å². The van der Waals surface area contributed by atoms with Crippen molar-refractivity contribution < 1.29 is 13.2 Å². The van der Waals surface area contributed by atoms with Gasteiger partial charge < -0.3 is 5.32 Å². The first-order chi connectivity index (χ1) is 9.79. The van der Waals surface area contributed by atoms with E-state index in [1.165, 1.54) is 12.1 Å². The Morgan fingerprint density at radius 3 is 2.48 bits per heavy atom. The van der Waals surface area contributed by atoms with Crippen LogP contribution in [0, 0.1) is 0 Å². The van der Waals surface area contributed by atoms with Crippen LogP contribution in [0.15, 0.2) is 51.8 Å². The van der Waals surface area contributed by atoms with Gasteiger partial charge in [-0.1, -0.05) is 39.7 Å². The zero-order valence-electron chi connectivity index (χ0n) is 10.9. The molecule has 0 aliphatic carbocycles. The van der Waals surface area contributed by atoms with Gasteiger partial charge in [-0.3, -0.25) is 4.79 Å². The molecule has 0 spiro atoms. The summed E-state index contributed by atoms with van der Waals surface area (Å²) in [5.41, 5.74) is 0.493. The minimum absolute atomic E-state index is 0.0178. The zero-order valence-corrected chi connectivity index (χ0v) is 14.1. The SMILES string of the molecule is CS(=O)(=O)c1ccccc1C(=O)Nc1ccc(Br)cc1Cl. The molecule has 0 heterocycles. The molecule has 0 atom stereocenters. The van der Waals surface area contributed by atoms with E-state index >= 15 is 0 Å². The van der Waals surface area contributed by atoms with E-state index in [2.05, 4.69) is 21.2 Å². The second-order valence-corrected chi connectivity index (χ2v) is 7.65. The number of halogens is 2. The Morgan fingerprint density at radius 1 is 1.19 bits per heavy atom. The van der Waals surface area contributed by atoms with E-state index in [9.17, 15) is 13.2 Å². The summed E-state index contributed by atoms with van der Waals surface area (Å²) in [6, 6.07) is 11.0. The van der Waals surface area contributed by atoms with E-state index in [1.807, 2.05) is 0 Å². The maximum atomic E-state index is 12.3. The van der Waals surface area contributed by atoms with E-state index in [4.69, 9.17) is 11.6 Å². The van der Waals surface area contributed by atoms with Gasteiger partial charge in [0, 0.05) is 10.7 Å². The zero-order chi connectivity index (χ0) is 15.6. The summed E-state index contributed by atoms with van der Waals surface area (Å²) < 4.78 is 24.2. The van der Waals surface area contributed by atoms with E-state index in [0.717, 1.165) is 10.7 Å². The molecule has 0 radical (unpaired) electrons. The number of rotatable bonds is 3. The van der Waals surface area contributed by atoms with Crippen LogP contribution in [0.2, 0.25) is 5.02 Å². The maximum absolute atomic E-state index is 12.3. The summed E-state index contributed by atoms with van der Waals surface area (Å²) in [4.78, 5) is 12.3. The predicted octanol–water partition coefficient (Wildman–Crippen LogP) is 3.76. The van der Waals surface area contributed by atoms with Crippen molar-refractivity contribution in [1.29, 1.82) is 0 Å². The van der Waals surface area contributed by atoms with Crippen molar-refractivity contribution in [1.82, 2.24) is 0 Å². The number of sulfone groups is 1. The molecule has 0 fully saturated rings. The van der Waals surface area contributed by atoms with Gasteiger partial charge in [-0.15, -0.1) is 0 Å². The molecule has 1 amide bonds. The van der Waals surface area contributed by atoms with Gasteiger partial charge in [0.15, 0.2) is 9.84 Å². The fraction of sp³-hybridized carbons (Fsp3) is 0.0714. The normalized spacial score (nSPS) is 11.2. The van der Waals surface area contributed by atoms with Gasteiger partial charge in [-0.05, 0) is 30.3 Å². The summed E-state index contributed by atoms with van der Waals surface area (Å²) in [5, 5.41) is 2.97. The Morgan fingerprint density at radius 2 is 1.86 bits per heavy atom. The van der Waals surface area contributed by atoms with Gasteiger partial charge in [-0.2, -0.15) is 0 Å². The molecule has 2 rings (SSSR count). The molecular weight excluding hydrogens is 378 g/mol. The lowest BCUT2D eigenvalue weighted by Gasteiger charge is -2.10. The van der Waals surface area contributed by atoms with Gasteiger partial charge in [0.2, 0.25) is 0 Å². The van der Waals surface area contributed by atoms with Gasteiger partial charge in [0.25, 0.3) is 5.91 Å². The van der Waals surface area contributed by atoms with Crippen molar-refractivity contribution in [3.8, 4) is 0 Å². The topological polar surface area (TPSA) is 63.2 Å². The summed E-state index contributed by atoms with van der Waals surface area (Å²) >= 11 is 9.30. The number of amides is 1. The molecule has 1 N–H and O–H groups in total. The monoisotopic (exact) mass is 387 g/mol. The molecular formula is C14H11BrClNO3S. The lowest BCUT2D eigenvalue weighted by Crippen LogP contribution is -2.16. The Bertz CT molecular complexity index is 806. The van der Waals surface area contributed by atoms with E-state index in [-0.39, 0.29) is 10.5 Å². The van der Waals surface area contributed by atoms with Gasteiger partial charge >= 0.3 is 0 Å². The summed E-state index contributed by atoms with van der Waals surface area (Å²) in [6.45, 7) is 0. The molecule has 0 saturated carbocycles. The van der Waals surface area contributed by atoms with Gasteiger partial charge in [0.1, 0.15) is 0 Å². The summed E-state index contributed by atoms with van der Waals surface area (Å²) in [6.07, 6.45) is 1.06. The highest BCUT2D eigenvalue weighted by atomic mass is 79.9. The summed E-state index contributed by atoms with van der Waals surface area (Å²) in [5.74, 6) is -0.528. The summed E-state index contributed by atoms with van der Waals surface area (Å²) in [7, 11) is -3.49. The molecule has 0 bridgehead atoms. The van der Waals surface area contributed by atoms with Crippen LogP contribution >= 0.6 is 27.5 Å². The van der Waals surface area contributed by atoms with Crippen molar-refractivity contribution in [2.24, 2.45) is 0 Å². The molecule has 0 saturated heterocycles. The third-order valence-electron chi connectivity index (χ3n) is 2.71. The van der Waals surface area contributed by atoms with Crippen LogP contribution in [-0.4, -0.2) is 20.6 Å². The Labute approximate surface area is 136 Å². The number of carbonyl (C=O) groups is 1.